The van der Waals surface area contributed by atoms with Gasteiger partial charge in [-0.1, -0.05) is 17.7 Å². The van der Waals surface area contributed by atoms with Crippen LogP contribution in [0.2, 0.25) is 0 Å². The van der Waals surface area contributed by atoms with Crippen LogP contribution >= 0.6 is 0 Å². The molecule has 1 N–H and O–H groups in total. The summed E-state index contributed by atoms with van der Waals surface area (Å²) in [5.74, 6) is 0.563. The van der Waals surface area contributed by atoms with Crippen molar-refractivity contribution in [2.24, 2.45) is 7.05 Å². The van der Waals surface area contributed by atoms with Gasteiger partial charge in [-0.2, -0.15) is 5.10 Å². The van der Waals surface area contributed by atoms with E-state index in [-0.39, 0.29) is 12.3 Å². The highest BCUT2D eigenvalue weighted by atomic mass is 32.2. The third-order valence-corrected chi connectivity index (χ3v) is 5.30. The van der Waals surface area contributed by atoms with Gasteiger partial charge in [0.25, 0.3) is 0 Å². The zero-order valence-corrected chi connectivity index (χ0v) is 13.7. The molecule has 0 fully saturated rings. The monoisotopic (exact) mass is 331 g/mol. The second-order valence-corrected chi connectivity index (χ2v) is 7.39. The van der Waals surface area contributed by atoms with Crippen molar-refractivity contribution >= 4 is 26.7 Å². The Balaban J connectivity index is 1.73. The molecule has 7 nitrogen and oxygen atoms in total. The Labute approximate surface area is 134 Å². The van der Waals surface area contributed by atoms with E-state index in [9.17, 15) is 8.42 Å². The molecular formula is C15H17N5O2S. The molecule has 0 amide bonds. The molecule has 0 saturated carbocycles. The van der Waals surface area contributed by atoms with E-state index in [2.05, 4.69) is 20.4 Å². The molecule has 0 aliphatic rings. The first-order valence-corrected chi connectivity index (χ1v) is 8.78. The van der Waals surface area contributed by atoms with Crippen molar-refractivity contribution in [1.29, 1.82) is 0 Å². The van der Waals surface area contributed by atoms with Gasteiger partial charge in [0.2, 0.25) is 0 Å². The fourth-order valence-electron chi connectivity index (χ4n) is 2.30. The Kier molecular flexibility index (Phi) is 3.99. The Morgan fingerprint density at radius 3 is 2.65 bits per heavy atom. The normalized spacial score (nSPS) is 11.7. The third-order valence-electron chi connectivity index (χ3n) is 3.57. The van der Waals surface area contributed by atoms with Crippen LogP contribution in [-0.4, -0.2) is 40.5 Å². The van der Waals surface area contributed by atoms with Crippen molar-refractivity contribution in [3.8, 4) is 0 Å². The van der Waals surface area contributed by atoms with Gasteiger partial charge in [0, 0.05) is 13.6 Å². The number of nitrogens with one attached hydrogen (secondary N) is 1. The fourth-order valence-corrected chi connectivity index (χ4v) is 3.46. The van der Waals surface area contributed by atoms with Crippen LogP contribution < -0.4 is 5.32 Å². The molecule has 2 heterocycles. The Bertz CT molecular complexity index is 932. The highest BCUT2D eigenvalue weighted by Gasteiger charge is 2.15. The molecule has 8 heteroatoms. The highest BCUT2D eigenvalue weighted by molar-refractivity contribution is 7.91. The lowest BCUT2D eigenvalue weighted by Gasteiger charge is -2.08. The number of rotatable bonds is 5. The number of sulfone groups is 1. The summed E-state index contributed by atoms with van der Waals surface area (Å²) < 4.78 is 26.3. The van der Waals surface area contributed by atoms with Gasteiger partial charge in [0.05, 0.1) is 16.8 Å². The van der Waals surface area contributed by atoms with Gasteiger partial charge < -0.3 is 5.32 Å². The van der Waals surface area contributed by atoms with Gasteiger partial charge in [-0.05, 0) is 19.1 Å². The summed E-state index contributed by atoms with van der Waals surface area (Å²) in [5, 5.41) is 7.19. The maximum atomic E-state index is 12.3. The molecule has 1 aromatic carbocycles. The molecule has 0 aliphatic heterocycles. The van der Waals surface area contributed by atoms with Crippen LogP contribution in [0.15, 0.2) is 41.7 Å². The number of benzene rings is 1. The smallest absolute Gasteiger partial charge is 0.180 e. The minimum atomic E-state index is -3.33. The van der Waals surface area contributed by atoms with Gasteiger partial charge in [0.1, 0.15) is 17.4 Å². The molecule has 23 heavy (non-hydrogen) atoms. The molecule has 0 aliphatic carbocycles. The average Bonchev–Trinajstić information content (AvgIpc) is 2.90. The van der Waals surface area contributed by atoms with Crippen LogP contribution in [-0.2, 0) is 16.9 Å². The van der Waals surface area contributed by atoms with Gasteiger partial charge >= 0.3 is 0 Å². The molecule has 0 unspecified atom stereocenters. The summed E-state index contributed by atoms with van der Waals surface area (Å²) in [6, 6.07) is 6.86. The first kappa shape index (κ1) is 15.4. The Hall–Kier alpha value is -2.48. The summed E-state index contributed by atoms with van der Waals surface area (Å²) in [6.45, 7) is 2.18. The van der Waals surface area contributed by atoms with Crippen LogP contribution in [0.25, 0.3) is 11.0 Å². The standard InChI is InChI=1S/C15H17N5O2S/c1-11-3-5-12(6-4-11)23(21,22)8-7-16-15-14-13(17-10-18-15)9-19-20(14)2/h3-6,9-10H,7-8H2,1-2H3,(H,16,17,18). The van der Waals surface area contributed by atoms with Crippen LogP contribution in [0, 0.1) is 6.92 Å². The zero-order valence-electron chi connectivity index (χ0n) is 12.9. The van der Waals surface area contributed by atoms with Crippen molar-refractivity contribution in [2.75, 3.05) is 17.6 Å². The molecular weight excluding hydrogens is 314 g/mol. The average molecular weight is 331 g/mol. The van der Waals surface area contributed by atoms with E-state index in [1.54, 1.807) is 42.2 Å². The minimum absolute atomic E-state index is 0.0145. The summed E-state index contributed by atoms with van der Waals surface area (Å²) in [6.07, 6.45) is 3.08. The lowest BCUT2D eigenvalue weighted by molar-refractivity contribution is 0.596. The van der Waals surface area contributed by atoms with Crippen molar-refractivity contribution in [3.63, 3.8) is 0 Å². The molecule has 0 radical (unpaired) electrons. The van der Waals surface area contributed by atoms with Crippen molar-refractivity contribution in [1.82, 2.24) is 19.7 Å². The molecule has 120 valence electrons. The Morgan fingerprint density at radius 2 is 1.91 bits per heavy atom. The second kappa shape index (κ2) is 5.96. The number of aryl methyl sites for hydroxylation is 2. The van der Waals surface area contributed by atoms with E-state index in [0.29, 0.717) is 16.2 Å². The number of hydrogen-bond donors (Lipinski definition) is 1. The number of aromatic nitrogens is 4. The van der Waals surface area contributed by atoms with E-state index >= 15 is 0 Å². The topological polar surface area (TPSA) is 89.8 Å². The van der Waals surface area contributed by atoms with E-state index < -0.39 is 9.84 Å². The molecule has 0 bridgehead atoms. The van der Waals surface area contributed by atoms with Gasteiger partial charge in [0.15, 0.2) is 15.7 Å². The van der Waals surface area contributed by atoms with Crippen LogP contribution in [0.1, 0.15) is 5.56 Å². The first-order chi connectivity index (χ1) is 11.0. The predicted octanol–water partition coefficient (Wildman–Crippen LogP) is 1.56. The molecule has 0 spiro atoms. The third kappa shape index (κ3) is 3.16. The van der Waals surface area contributed by atoms with Gasteiger partial charge in [-0.3, -0.25) is 4.68 Å². The molecule has 0 atom stereocenters. The molecule has 0 saturated heterocycles. The SMILES string of the molecule is Cc1ccc(S(=O)(=O)CCNc2ncnc3cnn(C)c23)cc1. The van der Waals surface area contributed by atoms with E-state index in [0.717, 1.165) is 11.1 Å². The minimum Gasteiger partial charge on any atom is -0.367 e. The molecule has 3 rings (SSSR count). The van der Waals surface area contributed by atoms with Crippen molar-refractivity contribution in [3.05, 3.63) is 42.4 Å². The van der Waals surface area contributed by atoms with E-state index in [1.165, 1.54) is 6.33 Å². The number of fused-ring (bicyclic) bond motifs is 1. The van der Waals surface area contributed by atoms with Crippen LogP contribution in [0.5, 0.6) is 0 Å². The van der Waals surface area contributed by atoms with Gasteiger partial charge in [-0.25, -0.2) is 18.4 Å². The summed E-state index contributed by atoms with van der Waals surface area (Å²) in [7, 11) is -1.53. The summed E-state index contributed by atoms with van der Waals surface area (Å²) in [5.41, 5.74) is 2.49. The summed E-state index contributed by atoms with van der Waals surface area (Å²) in [4.78, 5) is 8.62. The van der Waals surface area contributed by atoms with E-state index in [4.69, 9.17) is 0 Å². The maximum Gasteiger partial charge on any atom is 0.180 e. The summed E-state index contributed by atoms with van der Waals surface area (Å²) >= 11 is 0. The first-order valence-electron chi connectivity index (χ1n) is 7.13. The van der Waals surface area contributed by atoms with E-state index in [1.807, 2.05) is 6.92 Å². The van der Waals surface area contributed by atoms with Crippen molar-refractivity contribution < 1.29 is 8.42 Å². The Morgan fingerprint density at radius 1 is 1.17 bits per heavy atom. The zero-order chi connectivity index (χ0) is 16.4. The highest BCUT2D eigenvalue weighted by Crippen LogP contribution is 2.18. The molecule has 2 aromatic heterocycles. The molecule has 3 aromatic rings. The van der Waals surface area contributed by atoms with Crippen LogP contribution in [0.4, 0.5) is 5.82 Å². The van der Waals surface area contributed by atoms with Gasteiger partial charge in [-0.15, -0.1) is 0 Å². The van der Waals surface area contributed by atoms with Crippen molar-refractivity contribution in [2.45, 2.75) is 11.8 Å². The second-order valence-electron chi connectivity index (χ2n) is 5.28. The number of nitrogens with zero attached hydrogens (tertiary/aromatic N) is 4. The lowest BCUT2D eigenvalue weighted by Crippen LogP contribution is -2.17. The predicted molar refractivity (Wildman–Crippen MR) is 88.0 cm³/mol. The largest absolute Gasteiger partial charge is 0.367 e. The van der Waals surface area contributed by atoms with Crippen LogP contribution in [0.3, 0.4) is 0 Å². The maximum absolute atomic E-state index is 12.3. The number of hydrogen-bond acceptors (Lipinski definition) is 6. The quantitative estimate of drug-likeness (QED) is 0.763. The number of anilines is 1. The lowest BCUT2D eigenvalue weighted by atomic mass is 10.2. The fraction of sp³-hybridized carbons (Fsp3) is 0.267.